The quantitative estimate of drug-likeness (QED) is 0.0196. The predicted molar refractivity (Wildman–Crippen MR) is 285 cm³/mol. The summed E-state index contributed by atoms with van der Waals surface area (Å²) in [6, 6.07) is 0. The van der Waals surface area contributed by atoms with Gasteiger partial charge in [-0.15, -0.1) is 0 Å². The maximum atomic E-state index is 12.9. The number of hydrogen-bond donors (Lipinski definition) is 4. The van der Waals surface area contributed by atoms with Crippen molar-refractivity contribution >= 4 is 16.4 Å². The van der Waals surface area contributed by atoms with Gasteiger partial charge in [-0.25, -0.2) is 4.18 Å². The van der Waals surface area contributed by atoms with Crippen LogP contribution < -0.4 is 0 Å². The highest BCUT2D eigenvalue weighted by molar-refractivity contribution is 7.80. The van der Waals surface area contributed by atoms with E-state index in [9.17, 15) is 33.1 Å². The third kappa shape index (κ3) is 40.5. The minimum atomic E-state index is -5.07. The molecule has 1 fully saturated rings. The molecule has 4 N–H and O–H groups in total. The second kappa shape index (κ2) is 48.0. The van der Waals surface area contributed by atoms with Crippen molar-refractivity contribution in [2.75, 3.05) is 26.4 Å². The van der Waals surface area contributed by atoms with Crippen molar-refractivity contribution in [2.45, 2.75) is 282 Å². The average molecular weight is 1010 g/mol. The molecule has 13 heteroatoms. The Hall–Kier alpha value is -1.94. The first-order chi connectivity index (χ1) is 34.1. The highest BCUT2D eigenvalue weighted by atomic mass is 32.3. The molecule has 12 nitrogen and oxygen atoms in total. The molecule has 0 bridgehead atoms. The normalized spacial score (nSPS) is 19.4. The van der Waals surface area contributed by atoms with Crippen LogP contribution in [0.1, 0.15) is 245 Å². The lowest BCUT2D eigenvalue weighted by Gasteiger charge is -2.41. The molecule has 0 aromatic heterocycles. The van der Waals surface area contributed by atoms with Crippen LogP contribution >= 0.6 is 0 Å². The lowest BCUT2D eigenvalue weighted by Crippen LogP contribution is -2.60. The van der Waals surface area contributed by atoms with Crippen LogP contribution in [0.2, 0.25) is 0 Å². The number of unbranched alkanes of at least 4 members (excludes halogenated alkanes) is 29. The number of aliphatic hydroxyl groups is 3. The zero-order valence-corrected chi connectivity index (χ0v) is 45.1. The number of esters is 1. The molecular formula is C57H104O12S. The van der Waals surface area contributed by atoms with Crippen LogP contribution in [0.5, 0.6) is 0 Å². The van der Waals surface area contributed by atoms with Crippen LogP contribution in [-0.2, 0) is 38.3 Å². The van der Waals surface area contributed by atoms with Gasteiger partial charge in [-0.05, 0) is 51.4 Å². The van der Waals surface area contributed by atoms with Gasteiger partial charge in [0.2, 0.25) is 0 Å². The van der Waals surface area contributed by atoms with Crippen molar-refractivity contribution in [3.8, 4) is 0 Å². The van der Waals surface area contributed by atoms with Crippen LogP contribution in [0, 0.1) is 0 Å². The van der Waals surface area contributed by atoms with E-state index in [-0.39, 0.29) is 19.6 Å². The summed E-state index contributed by atoms with van der Waals surface area (Å²) in [5, 5.41) is 30.8. The summed E-state index contributed by atoms with van der Waals surface area (Å²) in [6.07, 6.45) is 51.5. The van der Waals surface area contributed by atoms with Gasteiger partial charge >= 0.3 is 16.4 Å². The van der Waals surface area contributed by atoms with Gasteiger partial charge in [0, 0.05) is 13.0 Å². The molecule has 0 aliphatic carbocycles. The summed E-state index contributed by atoms with van der Waals surface area (Å²) in [6.45, 7) is 3.92. The third-order valence-corrected chi connectivity index (χ3v) is 13.4. The van der Waals surface area contributed by atoms with E-state index in [2.05, 4.69) is 66.6 Å². The molecule has 1 aliphatic heterocycles. The van der Waals surface area contributed by atoms with E-state index < -0.39 is 59.8 Å². The van der Waals surface area contributed by atoms with Gasteiger partial charge < -0.3 is 34.3 Å². The van der Waals surface area contributed by atoms with E-state index in [1.54, 1.807) is 0 Å². The molecule has 1 rings (SSSR count). The minimum absolute atomic E-state index is 0.0376. The van der Waals surface area contributed by atoms with Gasteiger partial charge in [-0.2, -0.15) is 8.42 Å². The number of aliphatic hydroxyl groups excluding tert-OH is 3. The fraction of sp³-hybridized carbons (Fsp3) is 0.842. The smallest absolute Gasteiger partial charge is 0.397 e. The van der Waals surface area contributed by atoms with Gasteiger partial charge in [-0.1, -0.05) is 236 Å². The van der Waals surface area contributed by atoms with Crippen molar-refractivity contribution in [2.24, 2.45) is 0 Å². The molecule has 0 aromatic rings. The molecule has 0 aromatic carbocycles. The summed E-state index contributed by atoms with van der Waals surface area (Å²) in [7, 11) is -5.07. The molecule has 0 radical (unpaired) electrons. The first kappa shape index (κ1) is 66.1. The van der Waals surface area contributed by atoms with E-state index in [1.165, 1.54) is 154 Å². The van der Waals surface area contributed by atoms with Crippen molar-refractivity contribution in [1.82, 2.24) is 0 Å². The molecule has 1 aliphatic rings. The molecular weight excluding hydrogens is 909 g/mol. The standard InChI is InChI=1S/C57H104O12S/c1-3-5-7-9-11-13-15-17-19-21-22-23-24-25-26-27-28-29-31-33-35-37-39-41-43-45-47-65-49-51(50-66-57-55(61)56(69-70(62,63)64)54(60)52(48-58)68-57)67-53(59)46-44-42-40-38-36-34-32-30-20-18-16-14-12-10-8-6-4-2/h5,7,11,13,17,19,22-23,51-52,54-58,60-61H,3-4,6,8-10,12,14-16,18,20-21,24-50H2,1-2H3,(H,62,63,64)/b7-5-,13-11-,19-17-,23-22-. The van der Waals surface area contributed by atoms with Gasteiger partial charge in [-0.3, -0.25) is 9.35 Å². The topological polar surface area (TPSA) is 178 Å². The van der Waals surface area contributed by atoms with Crippen LogP contribution in [0.25, 0.3) is 0 Å². The lowest BCUT2D eigenvalue weighted by atomic mass is 9.99. The molecule has 0 amide bonds. The first-order valence-corrected chi connectivity index (χ1v) is 29.8. The van der Waals surface area contributed by atoms with E-state index in [1.807, 2.05) is 0 Å². The average Bonchev–Trinajstić information content (AvgIpc) is 3.34. The molecule has 0 saturated carbocycles. The van der Waals surface area contributed by atoms with Gasteiger partial charge in [0.15, 0.2) is 6.29 Å². The fourth-order valence-electron chi connectivity index (χ4n) is 8.73. The number of rotatable bonds is 50. The number of carbonyl (C=O) groups is 1. The maximum absolute atomic E-state index is 12.9. The Morgan fingerprint density at radius 1 is 0.557 bits per heavy atom. The molecule has 1 heterocycles. The highest BCUT2D eigenvalue weighted by Gasteiger charge is 2.48. The number of allylic oxidation sites excluding steroid dienone is 8. The monoisotopic (exact) mass is 1010 g/mol. The minimum Gasteiger partial charge on any atom is -0.457 e. The van der Waals surface area contributed by atoms with Gasteiger partial charge in [0.1, 0.15) is 30.5 Å². The van der Waals surface area contributed by atoms with Crippen molar-refractivity contribution in [1.29, 1.82) is 0 Å². The van der Waals surface area contributed by atoms with Gasteiger partial charge in [0.05, 0.1) is 19.8 Å². The number of ether oxygens (including phenoxy) is 4. The summed E-state index contributed by atoms with van der Waals surface area (Å²) in [5.41, 5.74) is 0. The fourth-order valence-corrected chi connectivity index (χ4v) is 9.23. The maximum Gasteiger partial charge on any atom is 0.397 e. The van der Waals surface area contributed by atoms with E-state index >= 15 is 0 Å². The van der Waals surface area contributed by atoms with Gasteiger partial charge in [0.25, 0.3) is 0 Å². The zero-order chi connectivity index (χ0) is 51.0. The number of carbonyl (C=O) groups excluding carboxylic acids is 1. The van der Waals surface area contributed by atoms with E-state index in [4.69, 9.17) is 18.9 Å². The molecule has 410 valence electrons. The van der Waals surface area contributed by atoms with Crippen molar-refractivity contribution < 1.29 is 56.2 Å². The van der Waals surface area contributed by atoms with Crippen LogP contribution in [-0.4, -0.2) is 97.5 Å². The molecule has 1 saturated heterocycles. The second-order valence-corrected chi connectivity index (χ2v) is 20.6. The summed E-state index contributed by atoms with van der Waals surface area (Å²) in [4.78, 5) is 12.9. The largest absolute Gasteiger partial charge is 0.457 e. The van der Waals surface area contributed by atoms with E-state index in [0.29, 0.717) is 13.0 Å². The van der Waals surface area contributed by atoms with Crippen LogP contribution in [0.3, 0.4) is 0 Å². The highest BCUT2D eigenvalue weighted by Crippen LogP contribution is 2.26. The summed E-state index contributed by atoms with van der Waals surface area (Å²) in [5.74, 6) is -0.395. The molecule has 0 spiro atoms. The van der Waals surface area contributed by atoms with Crippen LogP contribution in [0.4, 0.5) is 0 Å². The summed E-state index contributed by atoms with van der Waals surface area (Å²) >= 11 is 0. The Morgan fingerprint density at radius 2 is 0.986 bits per heavy atom. The molecule has 6 unspecified atom stereocenters. The number of hydrogen-bond acceptors (Lipinski definition) is 11. The summed E-state index contributed by atoms with van der Waals surface area (Å²) < 4.78 is 59.4. The zero-order valence-electron chi connectivity index (χ0n) is 44.3. The SMILES string of the molecule is CC/C=C\C/C=C\C/C=C\C/C=C\CCCCCCCCCCCCCCCOCC(COC1OC(CO)C(O)C(OS(=O)(=O)O)C1O)OC(=O)CCCCCCCCCCCCCCCCCCC. The Morgan fingerprint density at radius 3 is 1.44 bits per heavy atom. The van der Waals surface area contributed by atoms with E-state index in [0.717, 1.165) is 64.2 Å². The Labute approximate surface area is 427 Å². The van der Waals surface area contributed by atoms with Crippen molar-refractivity contribution in [3.63, 3.8) is 0 Å². The second-order valence-electron chi connectivity index (χ2n) is 19.5. The molecule has 70 heavy (non-hydrogen) atoms. The van der Waals surface area contributed by atoms with Crippen LogP contribution in [0.15, 0.2) is 48.6 Å². The predicted octanol–water partition coefficient (Wildman–Crippen LogP) is 13.9. The molecule has 6 atom stereocenters. The Kier molecular flexibility index (Phi) is 45.3. The Balaban J connectivity index is 2.28. The van der Waals surface area contributed by atoms with Crippen molar-refractivity contribution in [3.05, 3.63) is 48.6 Å². The lowest BCUT2D eigenvalue weighted by molar-refractivity contribution is -0.301. The third-order valence-electron chi connectivity index (χ3n) is 13.0. The first-order valence-electron chi connectivity index (χ1n) is 28.4. The Bertz CT molecular complexity index is 1400.